The molecule has 1 saturated heterocycles. The minimum absolute atomic E-state index is 0.0631. The maximum atomic E-state index is 11.6. The largest absolute Gasteiger partial charge is 0.394 e. The van der Waals surface area contributed by atoms with E-state index in [0.717, 1.165) is 19.3 Å². The minimum Gasteiger partial charge on any atom is -0.394 e. The molecule has 4 N–H and O–H groups in total. The van der Waals surface area contributed by atoms with E-state index in [0.29, 0.717) is 6.42 Å². The molecule has 5 atom stereocenters. The van der Waals surface area contributed by atoms with Gasteiger partial charge >= 0.3 is 0 Å². The number of unbranched alkanes of at least 4 members (excludes halogenated alkanes) is 2. The van der Waals surface area contributed by atoms with Crippen molar-refractivity contribution in [3.63, 3.8) is 0 Å². The summed E-state index contributed by atoms with van der Waals surface area (Å²) in [6, 6.07) is 0. The number of carbonyl (C=O) groups excluding carboxylic acids is 1. The van der Waals surface area contributed by atoms with Crippen molar-refractivity contribution in [2.45, 2.75) is 69.7 Å². The van der Waals surface area contributed by atoms with Crippen LogP contribution in [-0.2, 0) is 14.3 Å². The first-order valence-corrected chi connectivity index (χ1v) is 7.45. The van der Waals surface area contributed by atoms with E-state index >= 15 is 0 Å². The molecule has 0 bridgehead atoms. The van der Waals surface area contributed by atoms with Crippen LogP contribution in [0.3, 0.4) is 0 Å². The van der Waals surface area contributed by atoms with Gasteiger partial charge in [0.2, 0.25) is 0 Å². The van der Waals surface area contributed by atoms with Crippen LogP contribution in [0.5, 0.6) is 0 Å². The van der Waals surface area contributed by atoms with Gasteiger partial charge in [0.1, 0.15) is 30.2 Å². The molecule has 0 saturated carbocycles. The zero-order valence-corrected chi connectivity index (χ0v) is 12.4. The Morgan fingerprint density at radius 1 is 1.10 bits per heavy atom. The van der Waals surface area contributed by atoms with Crippen molar-refractivity contribution in [1.29, 1.82) is 0 Å². The zero-order chi connectivity index (χ0) is 15.8. The van der Waals surface area contributed by atoms with Gasteiger partial charge in [-0.05, 0) is 6.42 Å². The summed E-state index contributed by atoms with van der Waals surface area (Å²) in [7, 11) is 0. The maximum Gasteiger partial charge on any atom is 0.186 e. The number of hydrogen-bond acceptors (Lipinski definition) is 7. The first-order valence-electron chi connectivity index (χ1n) is 7.45. The summed E-state index contributed by atoms with van der Waals surface area (Å²) in [5.41, 5.74) is 0. The summed E-state index contributed by atoms with van der Waals surface area (Å²) in [6.07, 6.45) is -2.80. The lowest BCUT2D eigenvalue weighted by Crippen LogP contribution is -2.59. The quantitative estimate of drug-likeness (QED) is 0.418. The summed E-state index contributed by atoms with van der Waals surface area (Å²) in [5.74, 6) is 0.0769. The van der Waals surface area contributed by atoms with Crippen molar-refractivity contribution in [1.82, 2.24) is 0 Å². The lowest BCUT2D eigenvalue weighted by atomic mass is 9.99. The van der Waals surface area contributed by atoms with Gasteiger partial charge in [0.05, 0.1) is 13.2 Å². The molecule has 1 fully saturated rings. The van der Waals surface area contributed by atoms with E-state index in [2.05, 4.69) is 6.92 Å². The molecule has 0 aromatic rings. The molecule has 0 aliphatic carbocycles. The van der Waals surface area contributed by atoms with E-state index in [-0.39, 0.29) is 18.8 Å². The Hall–Kier alpha value is -0.570. The van der Waals surface area contributed by atoms with Gasteiger partial charge in [-0.15, -0.1) is 0 Å². The second kappa shape index (κ2) is 9.45. The van der Waals surface area contributed by atoms with Gasteiger partial charge in [-0.2, -0.15) is 0 Å². The molecule has 1 aliphatic rings. The Morgan fingerprint density at radius 2 is 1.81 bits per heavy atom. The summed E-state index contributed by atoms with van der Waals surface area (Å²) < 4.78 is 10.4. The van der Waals surface area contributed by atoms with Crippen molar-refractivity contribution in [3.05, 3.63) is 0 Å². The highest BCUT2D eigenvalue weighted by atomic mass is 16.7. The number of ether oxygens (including phenoxy) is 2. The summed E-state index contributed by atoms with van der Waals surface area (Å²) >= 11 is 0. The molecule has 124 valence electrons. The van der Waals surface area contributed by atoms with Crippen LogP contribution in [0.2, 0.25) is 0 Å². The van der Waals surface area contributed by atoms with Crippen LogP contribution in [0.15, 0.2) is 0 Å². The lowest BCUT2D eigenvalue weighted by Gasteiger charge is -2.39. The molecule has 7 heteroatoms. The number of rotatable bonds is 9. The van der Waals surface area contributed by atoms with Gasteiger partial charge in [0, 0.05) is 12.8 Å². The smallest absolute Gasteiger partial charge is 0.186 e. The van der Waals surface area contributed by atoms with Crippen LogP contribution in [0.1, 0.15) is 39.0 Å². The van der Waals surface area contributed by atoms with E-state index in [1.165, 1.54) is 0 Å². The molecule has 21 heavy (non-hydrogen) atoms. The van der Waals surface area contributed by atoms with E-state index in [4.69, 9.17) is 14.6 Å². The van der Waals surface area contributed by atoms with Crippen LogP contribution in [0, 0.1) is 0 Å². The summed E-state index contributed by atoms with van der Waals surface area (Å²) in [5, 5.41) is 38.0. The Bertz CT molecular complexity index is 308. The zero-order valence-electron chi connectivity index (χ0n) is 12.4. The number of hydrogen-bond donors (Lipinski definition) is 4. The predicted octanol–water partition coefficient (Wildman–Crippen LogP) is -0.658. The Balaban J connectivity index is 2.32. The molecule has 5 unspecified atom stereocenters. The average Bonchev–Trinajstić information content (AvgIpc) is 2.47. The third kappa shape index (κ3) is 5.61. The highest BCUT2D eigenvalue weighted by molar-refractivity contribution is 5.78. The van der Waals surface area contributed by atoms with Crippen molar-refractivity contribution < 1.29 is 34.7 Å². The fraction of sp³-hybridized carbons (Fsp3) is 0.929. The number of aliphatic hydroxyl groups is 4. The van der Waals surface area contributed by atoms with Gasteiger partial charge in [0.15, 0.2) is 6.29 Å². The van der Waals surface area contributed by atoms with Crippen LogP contribution >= 0.6 is 0 Å². The van der Waals surface area contributed by atoms with Gasteiger partial charge in [-0.3, -0.25) is 4.79 Å². The van der Waals surface area contributed by atoms with E-state index in [1.807, 2.05) is 0 Å². The molecular formula is C14H26O7. The van der Waals surface area contributed by atoms with Crippen molar-refractivity contribution in [3.8, 4) is 0 Å². The first kappa shape index (κ1) is 18.5. The number of aliphatic hydroxyl groups excluding tert-OH is 4. The Morgan fingerprint density at radius 3 is 2.43 bits per heavy atom. The van der Waals surface area contributed by atoms with Crippen LogP contribution in [-0.4, -0.2) is 70.1 Å². The summed E-state index contributed by atoms with van der Waals surface area (Å²) in [4.78, 5) is 11.6. The van der Waals surface area contributed by atoms with Gasteiger partial charge < -0.3 is 29.9 Å². The molecule has 7 nitrogen and oxygen atoms in total. The van der Waals surface area contributed by atoms with Crippen LogP contribution in [0.25, 0.3) is 0 Å². The molecule has 0 aromatic carbocycles. The highest BCUT2D eigenvalue weighted by Crippen LogP contribution is 2.22. The lowest BCUT2D eigenvalue weighted by molar-refractivity contribution is -0.300. The standard InChI is InChI=1S/C14H26O7/c1-2-3-4-5-9(16)6-7-20-14-13(19)12(18)11(17)10(8-15)21-14/h10-15,17-19H,2-8H2,1H3. The minimum atomic E-state index is -1.46. The number of carbonyl (C=O) groups is 1. The second-order valence-electron chi connectivity index (χ2n) is 5.31. The van der Waals surface area contributed by atoms with Crippen molar-refractivity contribution in [2.75, 3.05) is 13.2 Å². The molecule has 0 radical (unpaired) electrons. The van der Waals surface area contributed by atoms with Gasteiger partial charge in [-0.25, -0.2) is 0 Å². The van der Waals surface area contributed by atoms with Crippen LogP contribution in [0.4, 0.5) is 0 Å². The normalized spacial score (nSPS) is 33.1. The monoisotopic (exact) mass is 306 g/mol. The third-order valence-electron chi connectivity index (χ3n) is 3.57. The molecule has 0 amide bonds. The van der Waals surface area contributed by atoms with E-state index in [9.17, 15) is 20.1 Å². The third-order valence-corrected chi connectivity index (χ3v) is 3.57. The van der Waals surface area contributed by atoms with Gasteiger partial charge in [0.25, 0.3) is 0 Å². The average molecular weight is 306 g/mol. The van der Waals surface area contributed by atoms with Crippen molar-refractivity contribution in [2.24, 2.45) is 0 Å². The Kier molecular flexibility index (Phi) is 8.31. The second-order valence-corrected chi connectivity index (χ2v) is 5.31. The fourth-order valence-electron chi connectivity index (χ4n) is 2.19. The molecule has 0 spiro atoms. The number of Topliss-reactive ketones (excluding diaryl/α,β-unsaturated/α-hetero) is 1. The van der Waals surface area contributed by atoms with E-state index in [1.54, 1.807) is 0 Å². The molecule has 1 rings (SSSR count). The SMILES string of the molecule is CCCCCC(=O)CCOC1OC(CO)C(O)C(O)C1O. The molecule has 1 heterocycles. The van der Waals surface area contributed by atoms with Crippen molar-refractivity contribution >= 4 is 5.78 Å². The first-order chi connectivity index (χ1) is 10.0. The molecular weight excluding hydrogens is 280 g/mol. The summed E-state index contributed by atoms with van der Waals surface area (Å²) in [6.45, 7) is 1.63. The highest BCUT2D eigenvalue weighted by Gasteiger charge is 2.43. The Labute approximate surface area is 124 Å². The molecule has 1 aliphatic heterocycles. The molecule has 0 aromatic heterocycles. The fourth-order valence-corrected chi connectivity index (χ4v) is 2.19. The number of ketones is 1. The van der Waals surface area contributed by atoms with Gasteiger partial charge in [-0.1, -0.05) is 19.8 Å². The van der Waals surface area contributed by atoms with Crippen LogP contribution < -0.4 is 0 Å². The topological polar surface area (TPSA) is 116 Å². The maximum absolute atomic E-state index is 11.6. The van der Waals surface area contributed by atoms with E-state index < -0.39 is 37.3 Å². The predicted molar refractivity (Wildman–Crippen MR) is 73.5 cm³/mol.